The predicted molar refractivity (Wildman–Crippen MR) is 74.8 cm³/mol. The van der Waals surface area contributed by atoms with Gasteiger partial charge < -0.3 is 10.1 Å². The van der Waals surface area contributed by atoms with Crippen LogP contribution in [0.25, 0.3) is 0 Å². The predicted octanol–water partition coefficient (Wildman–Crippen LogP) is 1.20. The van der Waals surface area contributed by atoms with Crippen molar-refractivity contribution in [2.45, 2.75) is 57.4 Å². The monoisotopic (exact) mass is 274 g/mol. The molecule has 0 amide bonds. The fourth-order valence-electron chi connectivity index (χ4n) is 2.86. The Morgan fingerprint density at radius 3 is 2.72 bits per heavy atom. The summed E-state index contributed by atoms with van der Waals surface area (Å²) in [5.41, 5.74) is 0.172. The zero-order valence-corrected chi connectivity index (χ0v) is 12.7. The number of ether oxygens (including phenoxy) is 1. The molecule has 2 saturated heterocycles. The number of piperidine rings is 1. The van der Waals surface area contributed by atoms with E-state index in [4.69, 9.17) is 4.74 Å². The molecule has 0 radical (unpaired) electrons. The van der Waals surface area contributed by atoms with Crippen molar-refractivity contribution in [2.75, 3.05) is 19.7 Å². The van der Waals surface area contributed by atoms with Crippen LogP contribution < -0.4 is 10.0 Å². The smallest absolute Gasteiger partial charge is 0.0973 e. The van der Waals surface area contributed by atoms with Gasteiger partial charge in [0.05, 0.1) is 28.4 Å². The minimum Gasteiger partial charge on any atom is -0.378 e. The molecule has 0 aromatic carbocycles. The Morgan fingerprint density at radius 2 is 2.17 bits per heavy atom. The lowest BCUT2D eigenvalue weighted by Crippen LogP contribution is -2.58. The van der Waals surface area contributed by atoms with Crippen LogP contribution in [0.3, 0.4) is 0 Å². The summed E-state index contributed by atoms with van der Waals surface area (Å²) >= 11 is 0. The third-order valence-corrected chi connectivity index (χ3v) is 5.65. The van der Waals surface area contributed by atoms with E-state index in [1.54, 1.807) is 0 Å². The van der Waals surface area contributed by atoms with Crippen molar-refractivity contribution in [1.82, 2.24) is 10.0 Å². The second kappa shape index (κ2) is 5.19. The quantitative estimate of drug-likeness (QED) is 0.795. The van der Waals surface area contributed by atoms with Gasteiger partial charge in [0, 0.05) is 18.0 Å². The molecule has 18 heavy (non-hydrogen) atoms. The first-order chi connectivity index (χ1) is 8.33. The normalized spacial score (nSPS) is 39.1. The van der Waals surface area contributed by atoms with Crippen LogP contribution in [0.5, 0.6) is 0 Å². The maximum Gasteiger partial charge on any atom is 0.0973 e. The van der Waals surface area contributed by atoms with Crippen LogP contribution in [0.4, 0.5) is 0 Å². The van der Waals surface area contributed by atoms with Crippen molar-refractivity contribution < 1.29 is 8.95 Å². The molecule has 0 aliphatic carbocycles. The van der Waals surface area contributed by atoms with Crippen molar-refractivity contribution >= 4 is 11.0 Å². The molecule has 2 aliphatic rings. The van der Waals surface area contributed by atoms with Crippen LogP contribution in [0, 0.1) is 5.41 Å². The first-order valence-electron chi connectivity index (χ1n) is 6.84. The maximum atomic E-state index is 12.3. The van der Waals surface area contributed by atoms with Crippen LogP contribution in [0.1, 0.15) is 40.5 Å². The Morgan fingerprint density at radius 1 is 1.44 bits per heavy atom. The summed E-state index contributed by atoms with van der Waals surface area (Å²) < 4.78 is 21.2. The molecular formula is C13H26N2O2S. The second-order valence-electron chi connectivity index (χ2n) is 6.69. The Labute approximate surface area is 113 Å². The zero-order chi connectivity index (χ0) is 13.4. The van der Waals surface area contributed by atoms with Crippen LogP contribution in [-0.4, -0.2) is 40.8 Å². The fourth-order valence-corrected chi connectivity index (χ4v) is 3.81. The molecule has 2 heterocycles. The molecule has 0 aromatic heterocycles. The molecule has 4 nitrogen and oxygen atoms in total. The number of hydrogen-bond acceptors (Lipinski definition) is 3. The van der Waals surface area contributed by atoms with Gasteiger partial charge in [-0.1, -0.05) is 0 Å². The Bertz CT molecular complexity index is 325. The highest BCUT2D eigenvalue weighted by Crippen LogP contribution is 2.40. The maximum absolute atomic E-state index is 12.3. The molecule has 0 aromatic rings. The van der Waals surface area contributed by atoms with E-state index >= 15 is 0 Å². The average molecular weight is 274 g/mol. The first kappa shape index (κ1) is 14.4. The van der Waals surface area contributed by atoms with E-state index in [0.717, 1.165) is 32.5 Å². The Hall–Kier alpha value is 0.0300. The molecule has 2 fully saturated rings. The van der Waals surface area contributed by atoms with Gasteiger partial charge in [-0.15, -0.1) is 0 Å². The van der Waals surface area contributed by atoms with Gasteiger partial charge in [0.1, 0.15) is 0 Å². The third-order valence-electron chi connectivity index (χ3n) is 4.04. The van der Waals surface area contributed by atoms with Gasteiger partial charge in [-0.3, -0.25) is 0 Å². The lowest BCUT2D eigenvalue weighted by atomic mass is 9.74. The number of rotatable bonds is 2. The van der Waals surface area contributed by atoms with Crippen molar-refractivity contribution in [3.63, 3.8) is 0 Å². The summed E-state index contributed by atoms with van der Waals surface area (Å²) in [6.45, 7) is 10.9. The van der Waals surface area contributed by atoms with E-state index in [-0.39, 0.29) is 16.2 Å². The van der Waals surface area contributed by atoms with Gasteiger partial charge in [0.15, 0.2) is 0 Å². The Balaban J connectivity index is 2.07. The highest BCUT2D eigenvalue weighted by Gasteiger charge is 2.47. The van der Waals surface area contributed by atoms with E-state index in [2.05, 4.69) is 17.0 Å². The average Bonchev–Trinajstić information content (AvgIpc) is 2.63. The van der Waals surface area contributed by atoms with Crippen LogP contribution in [-0.2, 0) is 15.7 Å². The summed E-state index contributed by atoms with van der Waals surface area (Å²) in [5.74, 6) is 0. The number of nitrogens with one attached hydrogen (secondary N) is 2. The lowest BCUT2D eigenvalue weighted by molar-refractivity contribution is 0.0838. The van der Waals surface area contributed by atoms with Crippen LogP contribution in [0.2, 0.25) is 0 Å². The molecule has 1 spiro atoms. The lowest BCUT2D eigenvalue weighted by Gasteiger charge is -2.41. The first-order valence-corrected chi connectivity index (χ1v) is 7.99. The molecule has 2 N–H and O–H groups in total. The Kier molecular flexibility index (Phi) is 4.17. The molecule has 5 heteroatoms. The van der Waals surface area contributed by atoms with Gasteiger partial charge in [0.2, 0.25) is 0 Å². The molecule has 2 aliphatic heterocycles. The van der Waals surface area contributed by atoms with Crippen molar-refractivity contribution in [2.24, 2.45) is 5.41 Å². The summed E-state index contributed by atoms with van der Waals surface area (Å²) in [6.07, 6.45) is 2.51. The summed E-state index contributed by atoms with van der Waals surface area (Å²) in [5, 5.41) is 3.41. The van der Waals surface area contributed by atoms with Gasteiger partial charge in [-0.2, -0.15) is 0 Å². The number of hydrogen-bond donors (Lipinski definition) is 2. The molecule has 0 saturated carbocycles. The summed E-state index contributed by atoms with van der Waals surface area (Å²) in [4.78, 5) is 0. The minimum atomic E-state index is -1.01. The molecular weight excluding hydrogens is 248 g/mol. The minimum absolute atomic E-state index is 0.172. The highest BCUT2D eigenvalue weighted by atomic mass is 32.2. The van der Waals surface area contributed by atoms with Gasteiger partial charge >= 0.3 is 0 Å². The summed E-state index contributed by atoms with van der Waals surface area (Å²) in [7, 11) is -1.01. The van der Waals surface area contributed by atoms with Crippen molar-refractivity contribution in [3.05, 3.63) is 0 Å². The van der Waals surface area contributed by atoms with E-state index < -0.39 is 11.0 Å². The third kappa shape index (κ3) is 2.95. The van der Waals surface area contributed by atoms with Crippen molar-refractivity contribution in [1.29, 1.82) is 0 Å². The zero-order valence-electron chi connectivity index (χ0n) is 11.9. The molecule has 2 unspecified atom stereocenters. The summed E-state index contributed by atoms with van der Waals surface area (Å²) in [6, 6.07) is 0.247. The van der Waals surface area contributed by atoms with E-state index in [0.29, 0.717) is 6.10 Å². The van der Waals surface area contributed by atoms with Gasteiger partial charge in [0.25, 0.3) is 0 Å². The highest BCUT2D eigenvalue weighted by molar-refractivity contribution is 7.84. The largest absolute Gasteiger partial charge is 0.378 e. The van der Waals surface area contributed by atoms with Crippen LogP contribution >= 0.6 is 0 Å². The van der Waals surface area contributed by atoms with E-state index in [1.165, 1.54) is 0 Å². The van der Waals surface area contributed by atoms with Crippen molar-refractivity contribution in [3.8, 4) is 0 Å². The molecule has 106 valence electrons. The topological polar surface area (TPSA) is 50.4 Å². The van der Waals surface area contributed by atoms with Gasteiger partial charge in [-0.05, 0) is 47.1 Å². The molecule has 2 rings (SSSR count). The second-order valence-corrected chi connectivity index (χ2v) is 8.69. The van der Waals surface area contributed by atoms with E-state index in [9.17, 15) is 4.21 Å². The molecule has 4 atom stereocenters. The fraction of sp³-hybridized carbons (Fsp3) is 1.00. The van der Waals surface area contributed by atoms with E-state index in [1.807, 2.05) is 20.8 Å². The van der Waals surface area contributed by atoms with Crippen LogP contribution in [0.15, 0.2) is 0 Å². The molecule has 0 bridgehead atoms. The standard InChI is InChI=1S/C13H26N2O2S/c1-10-7-13(9-17-10)5-6-14-8-11(13)15-18(16)12(2,3)4/h10-11,14-15H,5-9H2,1-4H3/t10-,11?,13?,18+/m0/s1. The SMILES string of the molecule is C[C@H]1CC2(CCNCC2N[S@](=O)C(C)(C)C)CO1. The van der Waals surface area contributed by atoms with Gasteiger partial charge in [-0.25, -0.2) is 8.93 Å².